The molecule has 2 aromatic rings. The van der Waals surface area contributed by atoms with Gasteiger partial charge >= 0.3 is 0 Å². The average Bonchev–Trinajstić information content (AvgIpc) is 3.03. The number of nitrogens with two attached hydrogens (primary N) is 1. The number of rotatable bonds is 3. The van der Waals surface area contributed by atoms with Crippen LogP contribution >= 0.6 is 11.6 Å². The summed E-state index contributed by atoms with van der Waals surface area (Å²) < 4.78 is 5.10. The molecule has 4 heteroatoms. The first-order valence-electron chi connectivity index (χ1n) is 5.74. The second-order valence-electron chi connectivity index (χ2n) is 4.53. The number of anilines is 1. The van der Waals surface area contributed by atoms with Crippen molar-refractivity contribution in [1.29, 1.82) is 0 Å². The Bertz CT molecular complexity index is 546. The zero-order valence-electron chi connectivity index (χ0n) is 9.32. The van der Waals surface area contributed by atoms with Gasteiger partial charge in [-0.2, -0.15) is 0 Å². The summed E-state index contributed by atoms with van der Waals surface area (Å²) in [6.07, 6.45) is 3.51. The Labute approximate surface area is 105 Å². The predicted molar refractivity (Wildman–Crippen MR) is 67.8 cm³/mol. The molecular formula is C13H13ClN2O. The van der Waals surface area contributed by atoms with Crippen LogP contribution in [-0.2, 0) is 6.42 Å². The lowest BCUT2D eigenvalue weighted by Gasteiger charge is -2.02. The number of nitrogens with zero attached hydrogens (tertiary/aromatic N) is 1. The first-order valence-corrected chi connectivity index (χ1v) is 6.12. The third-order valence-corrected chi connectivity index (χ3v) is 3.32. The molecule has 1 aromatic heterocycles. The van der Waals surface area contributed by atoms with E-state index in [0.29, 0.717) is 10.9 Å². The quantitative estimate of drug-likeness (QED) is 0.904. The standard InChI is InChI=1S/C13H13ClN2O/c14-10-3-1-2-9(7-10)12-11(6-8-4-5-8)16-17-13(12)15/h1-3,7-8H,4-6,15H2. The van der Waals surface area contributed by atoms with E-state index in [1.54, 1.807) is 0 Å². The molecule has 1 aromatic carbocycles. The van der Waals surface area contributed by atoms with Gasteiger partial charge in [-0.1, -0.05) is 28.9 Å². The van der Waals surface area contributed by atoms with Crippen molar-refractivity contribution in [1.82, 2.24) is 5.16 Å². The molecule has 17 heavy (non-hydrogen) atoms. The molecule has 0 aliphatic heterocycles. The van der Waals surface area contributed by atoms with Gasteiger partial charge in [0.05, 0.1) is 11.3 Å². The van der Waals surface area contributed by atoms with Crippen LogP contribution in [-0.4, -0.2) is 5.16 Å². The third kappa shape index (κ3) is 2.15. The zero-order valence-corrected chi connectivity index (χ0v) is 10.1. The molecule has 0 unspecified atom stereocenters. The molecule has 0 bridgehead atoms. The van der Waals surface area contributed by atoms with Crippen molar-refractivity contribution in [3.8, 4) is 11.1 Å². The maximum absolute atomic E-state index is 5.99. The first-order chi connectivity index (χ1) is 8.24. The molecule has 3 nitrogen and oxygen atoms in total. The van der Waals surface area contributed by atoms with Crippen molar-refractivity contribution in [2.45, 2.75) is 19.3 Å². The van der Waals surface area contributed by atoms with E-state index in [2.05, 4.69) is 5.16 Å². The van der Waals surface area contributed by atoms with Crippen LogP contribution < -0.4 is 5.73 Å². The van der Waals surface area contributed by atoms with Gasteiger partial charge in [-0.3, -0.25) is 0 Å². The van der Waals surface area contributed by atoms with E-state index < -0.39 is 0 Å². The lowest BCUT2D eigenvalue weighted by molar-refractivity contribution is 0.426. The summed E-state index contributed by atoms with van der Waals surface area (Å²) >= 11 is 5.99. The number of hydrogen-bond acceptors (Lipinski definition) is 3. The highest BCUT2D eigenvalue weighted by atomic mass is 35.5. The number of hydrogen-bond donors (Lipinski definition) is 1. The molecule has 0 atom stereocenters. The van der Waals surface area contributed by atoms with Crippen LogP contribution in [0, 0.1) is 5.92 Å². The van der Waals surface area contributed by atoms with Gasteiger partial charge in [0.1, 0.15) is 0 Å². The predicted octanol–water partition coefficient (Wildman–Crippen LogP) is 3.53. The van der Waals surface area contributed by atoms with Crippen molar-refractivity contribution in [3.63, 3.8) is 0 Å². The van der Waals surface area contributed by atoms with Gasteiger partial charge in [-0.15, -0.1) is 0 Å². The SMILES string of the molecule is Nc1onc(CC2CC2)c1-c1cccc(Cl)c1. The molecule has 0 amide bonds. The number of benzene rings is 1. The van der Waals surface area contributed by atoms with Gasteiger partial charge in [-0.25, -0.2) is 0 Å². The van der Waals surface area contributed by atoms with Crippen molar-refractivity contribution < 1.29 is 4.52 Å². The molecule has 1 aliphatic carbocycles. The monoisotopic (exact) mass is 248 g/mol. The maximum atomic E-state index is 5.99. The number of aromatic nitrogens is 1. The fraction of sp³-hybridized carbons (Fsp3) is 0.308. The van der Waals surface area contributed by atoms with E-state index in [-0.39, 0.29) is 0 Å². The number of halogens is 1. The minimum atomic E-state index is 0.378. The molecule has 0 saturated heterocycles. The largest absolute Gasteiger partial charge is 0.367 e. The van der Waals surface area contributed by atoms with Gasteiger partial charge < -0.3 is 10.3 Å². The maximum Gasteiger partial charge on any atom is 0.230 e. The summed E-state index contributed by atoms with van der Waals surface area (Å²) in [4.78, 5) is 0. The van der Waals surface area contributed by atoms with Gasteiger partial charge in [0.2, 0.25) is 5.88 Å². The third-order valence-electron chi connectivity index (χ3n) is 3.08. The molecule has 88 valence electrons. The van der Waals surface area contributed by atoms with Gasteiger partial charge in [0.15, 0.2) is 0 Å². The fourth-order valence-corrected chi connectivity index (χ4v) is 2.22. The highest BCUT2D eigenvalue weighted by Gasteiger charge is 2.26. The van der Waals surface area contributed by atoms with E-state index in [1.165, 1.54) is 12.8 Å². The summed E-state index contributed by atoms with van der Waals surface area (Å²) in [5.41, 5.74) is 8.68. The Kier molecular flexibility index (Phi) is 2.56. The van der Waals surface area contributed by atoms with Crippen LogP contribution in [0.3, 0.4) is 0 Å². The van der Waals surface area contributed by atoms with Crippen LogP contribution in [0.1, 0.15) is 18.5 Å². The van der Waals surface area contributed by atoms with E-state index >= 15 is 0 Å². The van der Waals surface area contributed by atoms with E-state index in [0.717, 1.165) is 29.2 Å². The van der Waals surface area contributed by atoms with Crippen molar-refractivity contribution >= 4 is 17.5 Å². The van der Waals surface area contributed by atoms with Crippen molar-refractivity contribution in [2.75, 3.05) is 5.73 Å². The second kappa shape index (κ2) is 4.08. The van der Waals surface area contributed by atoms with Gasteiger partial charge in [0, 0.05) is 5.02 Å². The Morgan fingerprint density at radius 1 is 1.41 bits per heavy atom. The van der Waals surface area contributed by atoms with Crippen LogP contribution in [0.25, 0.3) is 11.1 Å². The summed E-state index contributed by atoms with van der Waals surface area (Å²) in [6.45, 7) is 0. The number of nitrogen functional groups attached to an aromatic ring is 1. The summed E-state index contributed by atoms with van der Waals surface area (Å²) in [6, 6.07) is 7.62. The Morgan fingerprint density at radius 3 is 2.94 bits per heavy atom. The summed E-state index contributed by atoms with van der Waals surface area (Å²) in [5, 5.41) is 4.75. The smallest absolute Gasteiger partial charge is 0.230 e. The average molecular weight is 249 g/mol. The molecule has 1 saturated carbocycles. The van der Waals surface area contributed by atoms with Crippen LogP contribution in [0.5, 0.6) is 0 Å². The molecule has 1 fully saturated rings. The highest BCUT2D eigenvalue weighted by Crippen LogP contribution is 2.38. The second-order valence-corrected chi connectivity index (χ2v) is 4.96. The lowest BCUT2D eigenvalue weighted by atomic mass is 10.0. The van der Waals surface area contributed by atoms with Crippen LogP contribution in [0.4, 0.5) is 5.88 Å². The van der Waals surface area contributed by atoms with E-state index in [9.17, 15) is 0 Å². The zero-order chi connectivity index (χ0) is 11.8. The minimum absolute atomic E-state index is 0.378. The summed E-state index contributed by atoms with van der Waals surface area (Å²) in [5.74, 6) is 1.13. The molecule has 0 radical (unpaired) electrons. The lowest BCUT2D eigenvalue weighted by Crippen LogP contribution is -1.92. The highest BCUT2D eigenvalue weighted by molar-refractivity contribution is 6.30. The van der Waals surface area contributed by atoms with Crippen LogP contribution in [0.15, 0.2) is 28.8 Å². The topological polar surface area (TPSA) is 52.0 Å². The molecule has 1 heterocycles. The van der Waals surface area contributed by atoms with Gasteiger partial charge in [0.25, 0.3) is 0 Å². The van der Waals surface area contributed by atoms with Crippen molar-refractivity contribution in [2.24, 2.45) is 5.92 Å². The fourth-order valence-electron chi connectivity index (χ4n) is 2.03. The molecule has 2 N–H and O–H groups in total. The molecule has 1 aliphatic rings. The molecule has 0 spiro atoms. The Morgan fingerprint density at radius 2 is 2.24 bits per heavy atom. The van der Waals surface area contributed by atoms with Crippen LogP contribution in [0.2, 0.25) is 5.02 Å². The van der Waals surface area contributed by atoms with E-state index in [4.69, 9.17) is 21.9 Å². The first kappa shape index (κ1) is 10.7. The van der Waals surface area contributed by atoms with Gasteiger partial charge in [-0.05, 0) is 42.9 Å². The molecular weight excluding hydrogens is 236 g/mol. The van der Waals surface area contributed by atoms with Crippen molar-refractivity contribution in [3.05, 3.63) is 35.0 Å². The Balaban J connectivity index is 2.02. The normalized spacial score (nSPS) is 15.1. The van der Waals surface area contributed by atoms with E-state index in [1.807, 2.05) is 24.3 Å². The molecule has 3 rings (SSSR count). The summed E-state index contributed by atoms with van der Waals surface area (Å²) in [7, 11) is 0. The minimum Gasteiger partial charge on any atom is -0.367 e. The Hall–Kier alpha value is -1.48.